The Bertz CT molecular complexity index is 494. The SMILES string of the molecule is CCCCCCC1=CCCC(C)(O)C1=Cc1ccccc1. The van der Waals surface area contributed by atoms with E-state index in [1.807, 2.05) is 13.0 Å². The molecule has 1 aliphatic carbocycles. The molecule has 0 spiro atoms. The van der Waals surface area contributed by atoms with Crippen LogP contribution in [0.15, 0.2) is 47.6 Å². The van der Waals surface area contributed by atoms with Crippen LogP contribution in [0.5, 0.6) is 0 Å². The van der Waals surface area contributed by atoms with Crippen molar-refractivity contribution in [3.05, 3.63) is 53.1 Å². The Morgan fingerprint density at radius 2 is 1.90 bits per heavy atom. The lowest BCUT2D eigenvalue weighted by molar-refractivity contribution is 0.0893. The highest BCUT2D eigenvalue weighted by Gasteiger charge is 2.30. The molecule has 1 atom stereocenters. The summed E-state index contributed by atoms with van der Waals surface area (Å²) < 4.78 is 0. The van der Waals surface area contributed by atoms with E-state index >= 15 is 0 Å². The third-order valence-corrected chi connectivity index (χ3v) is 4.36. The minimum Gasteiger partial charge on any atom is -0.385 e. The van der Waals surface area contributed by atoms with E-state index in [0.29, 0.717) is 0 Å². The first-order chi connectivity index (χ1) is 10.1. The molecule has 0 amide bonds. The second kappa shape index (κ2) is 7.61. The van der Waals surface area contributed by atoms with Gasteiger partial charge in [-0.05, 0) is 55.4 Å². The number of hydrogen-bond donors (Lipinski definition) is 1. The maximum atomic E-state index is 10.8. The van der Waals surface area contributed by atoms with Crippen LogP contribution in [0.2, 0.25) is 0 Å². The largest absolute Gasteiger partial charge is 0.385 e. The van der Waals surface area contributed by atoms with Gasteiger partial charge in [-0.15, -0.1) is 0 Å². The Balaban J connectivity index is 2.17. The summed E-state index contributed by atoms with van der Waals surface area (Å²) in [5.74, 6) is 0. The lowest BCUT2D eigenvalue weighted by atomic mass is 9.78. The highest BCUT2D eigenvalue weighted by molar-refractivity contribution is 5.62. The normalized spacial score (nSPS) is 24.1. The summed E-state index contributed by atoms with van der Waals surface area (Å²) in [6, 6.07) is 10.3. The van der Waals surface area contributed by atoms with Gasteiger partial charge in [0.2, 0.25) is 0 Å². The molecule has 0 saturated heterocycles. The molecule has 0 heterocycles. The predicted molar refractivity (Wildman–Crippen MR) is 91.1 cm³/mol. The molecule has 1 aliphatic rings. The smallest absolute Gasteiger partial charge is 0.0874 e. The minimum absolute atomic E-state index is 0.690. The monoisotopic (exact) mass is 284 g/mol. The molecule has 1 aromatic rings. The van der Waals surface area contributed by atoms with E-state index in [0.717, 1.165) is 24.8 Å². The van der Waals surface area contributed by atoms with Crippen LogP contribution in [-0.2, 0) is 0 Å². The van der Waals surface area contributed by atoms with Crippen LogP contribution in [0.1, 0.15) is 64.4 Å². The van der Waals surface area contributed by atoms with Gasteiger partial charge in [-0.1, -0.05) is 62.6 Å². The second-order valence-corrected chi connectivity index (χ2v) is 6.32. The summed E-state index contributed by atoms with van der Waals surface area (Å²) in [5, 5.41) is 10.8. The van der Waals surface area contributed by atoms with E-state index in [2.05, 4.69) is 43.3 Å². The molecule has 0 radical (unpaired) electrons. The lowest BCUT2D eigenvalue weighted by Gasteiger charge is -2.32. The minimum atomic E-state index is -0.690. The van der Waals surface area contributed by atoms with Crippen LogP contribution in [0.3, 0.4) is 0 Å². The van der Waals surface area contributed by atoms with E-state index in [1.165, 1.54) is 36.8 Å². The molecule has 1 nitrogen and oxygen atoms in total. The Kier molecular flexibility index (Phi) is 5.81. The molecule has 1 unspecified atom stereocenters. The van der Waals surface area contributed by atoms with Crippen molar-refractivity contribution in [3.8, 4) is 0 Å². The first-order valence-electron chi connectivity index (χ1n) is 8.32. The van der Waals surface area contributed by atoms with Crippen molar-refractivity contribution in [2.24, 2.45) is 0 Å². The summed E-state index contributed by atoms with van der Waals surface area (Å²) in [6.45, 7) is 4.20. The summed E-state index contributed by atoms with van der Waals surface area (Å²) in [4.78, 5) is 0. The molecule has 1 aromatic carbocycles. The van der Waals surface area contributed by atoms with Gasteiger partial charge in [-0.3, -0.25) is 0 Å². The van der Waals surface area contributed by atoms with E-state index in [9.17, 15) is 5.11 Å². The Morgan fingerprint density at radius 3 is 2.62 bits per heavy atom. The highest BCUT2D eigenvalue weighted by Crippen LogP contribution is 2.37. The van der Waals surface area contributed by atoms with Gasteiger partial charge >= 0.3 is 0 Å². The van der Waals surface area contributed by atoms with Crippen molar-refractivity contribution in [2.75, 3.05) is 0 Å². The molecule has 2 rings (SSSR count). The van der Waals surface area contributed by atoms with Crippen LogP contribution in [0.25, 0.3) is 6.08 Å². The van der Waals surface area contributed by atoms with Gasteiger partial charge in [0.1, 0.15) is 0 Å². The maximum absolute atomic E-state index is 10.8. The zero-order valence-corrected chi connectivity index (χ0v) is 13.4. The first-order valence-corrected chi connectivity index (χ1v) is 8.32. The molecule has 0 fully saturated rings. The van der Waals surface area contributed by atoms with Crippen molar-refractivity contribution in [3.63, 3.8) is 0 Å². The zero-order valence-electron chi connectivity index (χ0n) is 13.4. The number of aliphatic hydroxyl groups is 1. The molecule has 1 heteroatoms. The number of benzene rings is 1. The van der Waals surface area contributed by atoms with Crippen LogP contribution < -0.4 is 0 Å². The number of unbranched alkanes of at least 4 members (excludes halogenated alkanes) is 3. The van der Waals surface area contributed by atoms with Crippen LogP contribution in [-0.4, -0.2) is 10.7 Å². The van der Waals surface area contributed by atoms with Crippen molar-refractivity contribution >= 4 is 6.08 Å². The lowest BCUT2D eigenvalue weighted by Crippen LogP contribution is -2.30. The summed E-state index contributed by atoms with van der Waals surface area (Å²) in [6.07, 6.45) is 12.5. The third kappa shape index (κ3) is 4.57. The Labute approximate surface area is 129 Å². The molecule has 0 saturated carbocycles. The van der Waals surface area contributed by atoms with E-state index in [-0.39, 0.29) is 0 Å². The average molecular weight is 284 g/mol. The summed E-state index contributed by atoms with van der Waals surface area (Å²) in [7, 11) is 0. The average Bonchev–Trinajstić information content (AvgIpc) is 2.47. The number of hydrogen-bond acceptors (Lipinski definition) is 1. The number of allylic oxidation sites excluding steroid dienone is 1. The van der Waals surface area contributed by atoms with Gasteiger partial charge < -0.3 is 5.11 Å². The van der Waals surface area contributed by atoms with E-state index in [4.69, 9.17) is 0 Å². The van der Waals surface area contributed by atoms with Gasteiger partial charge in [0.25, 0.3) is 0 Å². The molecular weight excluding hydrogens is 256 g/mol. The van der Waals surface area contributed by atoms with Crippen molar-refractivity contribution in [1.29, 1.82) is 0 Å². The standard InChI is InChI=1S/C20H28O/c1-3-4-5-9-13-18-14-10-15-20(2,21)19(18)16-17-11-7-6-8-12-17/h6-8,11-12,14,16,21H,3-5,9-10,13,15H2,1-2H3. The Morgan fingerprint density at radius 1 is 1.14 bits per heavy atom. The first kappa shape index (κ1) is 16.0. The second-order valence-electron chi connectivity index (χ2n) is 6.32. The van der Waals surface area contributed by atoms with Crippen LogP contribution in [0, 0.1) is 0 Å². The highest BCUT2D eigenvalue weighted by atomic mass is 16.3. The fourth-order valence-corrected chi connectivity index (χ4v) is 3.06. The van der Waals surface area contributed by atoms with Gasteiger partial charge in [-0.2, -0.15) is 0 Å². The predicted octanol–water partition coefficient (Wildman–Crippen LogP) is 5.51. The van der Waals surface area contributed by atoms with E-state index < -0.39 is 5.60 Å². The van der Waals surface area contributed by atoms with Crippen molar-refractivity contribution in [1.82, 2.24) is 0 Å². The summed E-state index contributed by atoms with van der Waals surface area (Å²) >= 11 is 0. The zero-order chi connectivity index (χ0) is 15.1. The fraction of sp³-hybridized carbons (Fsp3) is 0.500. The Hall–Kier alpha value is -1.34. The van der Waals surface area contributed by atoms with Crippen LogP contribution >= 0.6 is 0 Å². The molecule has 1 N–H and O–H groups in total. The molecule has 0 aromatic heterocycles. The van der Waals surface area contributed by atoms with Gasteiger partial charge in [0, 0.05) is 0 Å². The quantitative estimate of drug-likeness (QED) is 0.683. The van der Waals surface area contributed by atoms with Gasteiger partial charge in [0.15, 0.2) is 0 Å². The molecular formula is C20H28O. The molecule has 114 valence electrons. The van der Waals surface area contributed by atoms with Gasteiger partial charge in [0.05, 0.1) is 5.60 Å². The summed E-state index contributed by atoms with van der Waals surface area (Å²) in [5.41, 5.74) is 2.96. The molecule has 0 bridgehead atoms. The number of rotatable bonds is 6. The fourth-order valence-electron chi connectivity index (χ4n) is 3.06. The van der Waals surface area contributed by atoms with Gasteiger partial charge in [-0.25, -0.2) is 0 Å². The molecule has 21 heavy (non-hydrogen) atoms. The van der Waals surface area contributed by atoms with Crippen molar-refractivity contribution < 1.29 is 5.11 Å². The van der Waals surface area contributed by atoms with Crippen LogP contribution in [0.4, 0.5) is 0 Å². The maximum Gasteiger partial charge on any atom is 0.0874 e. The van der Waals surface area contributed by atoms with E-state index in [1.54, 1.807) is 0 Å². The third-order valence-electron chi connectivity index (χ3n) is 4.36. The molecule has 0 aliphatic heterocycles. The topological polar surface area (TPSA) is 20.2 Å². The van der Waals surface area contributed by atoms with Crippen molar-refractivity contribution in [2.45, 2.75) is 64.4 Å².